The highest BCUT2D eigenvalue weighted by Gasteiger charge is 2.20. The Labute approximate surface area is 108 Å². The summed E-state index contributed by atoms with van der Waals surface area (Å²) in [4.78, 5) is 0. The van der Waals surface area contributed by atoms with E-state index in [1.165, 1.54) is 11.1 Å². The lowest BCUT2D eigenvalue weighted by Crippen LogP contribution is -2.33. The SMILES string of the molecule is COc1ccc2c(c1)C(NCC(O)CO)CCC2. The predicted molar refractivity (Wildman–Crippen MR) is 69.8 cm³/mol. The molecular weight excluding hydrogens is 230 g/mol. The van der Waals surface area contributed by atoms with Gasteiger partial charge in [0, 0.05) is 12.6 Å². The van der Waals surface area contributed by atoms with Crippen molar-refractivity contribution in [3.63, 3.8) is 0 Å². The van der Waals surface area contributed by atoms with Crippen LogP contribution in [0.5, 0.6) is 5.75 Å². The van der Waals surface area contributed by atoms with Crippen LogP contribution in [0.2, 0.25) is 0 Å². The van der Waals surface area contributed by atoms with Gasteiger partial charge in [0.25, 0.3) is 0 Å². The van der Waals surface area contributed by atoms with Gasteiger partial charge < -0.3 is 20.3 Å². The molecule has 4 nitrogen and oxygen atoms in total. The van der Waals surface area contributed by atoms with Crippen molar-refractivity contribution in [1.82, 2.24) is 5.32 Å². The molecule has 1 aliphatic rings. The van der Waals surface area contributed by atoms with Gasteiger partial charge in [0.2, 0.25) is 0 Å². The van der Waals surface area contributed by atoms with E-state index in [9.17, 15) is 5.11 Å². The largest absolute Gasteiger partial charge is 0.497 e. The van der Waals surface area contributed by atoms with Crippen LogP contribution in [0, 0.1) is 0 Å². The van der Waals surface area contributed by atoms with Crippen molar-refractivity contribution in [3.05, 3.63) is 29.3 Å². The monoisotopic (exact) mass is 251 g/mol. The van der Waals surface area contributed by atoms with Crippen LogP contribution in [-0.4, -0.2) is 36.6 Å². The lowest BCUT2D eigenvalue weighted by molar-refractivity contribution is 0.0912. The van der Waals surface area contributed by atoms with Gasteiger partial charge in [-0.15, -0.1) is 0 Å². The van der Waals surface area contributed by atoms with Crippen molar-refractivity contribution in [2.75, 3.05) is 20.3 Å². The van der Waals surface area contributed by atoms with Gasteiger partial charge >= 0.3 is 0 Å². The molecular formula is C14H21NO3. The number of aliphatic hydroxyl groups is 2. The summed E-state index contributed by atoms with van der Waals surface area (Å²) in [6.45, 7) is 0.211. The highest BCUT2D eigenvalue weighted by molar-refractivity contribution is 5.39. The first-order chi connectivity index (χ1) is 8.74. The molecule has 2 atom stereocenters. The number of benzene rings is 1. The third kappa shape index (κ3) is 3.02. The van der Waals surface area contributed by atoms with Crippen LogP contribution in [-0.2, 0) is 6.42 Å². The molecule has 0 aliphatic heterocycles. The van der Waals surface area contributed by atoms with Crippen molar-refractivity contribution >= 4 is 0 Å². The molecule has 1 aromatic carbocycles. The van der Waals surface area contributed by atoms with Gasteiger partial charge in [-0.3, -0.25) is 0 Å². The summed E-state index contributed by atoms with van der Waals surface area (Å²) in [5.74, 6) is 0.866. The average molecular weight is 251 g/mol. The maximum absolute atomic E-state index is 9.40. The second-order valence-electron chi connectivity index (χ2n) is 4.75. The van der Waals surface area contributed by atoms with Gasteiger partial charge in [-0.2, -0.15) is 0 Å². The van der Waals surface area contributed by atoms with E-state index in [1.807, 2.05) is 6.07 Å². The fourth-order valence-electron chi connectivity index (χ4n) is 2.46. The fourth-order valence-corrected chi connectivity index (χ4v) is 2.46. The number of fused-ring (bicyclic) bond motifs is 1. The van der Waals surface area contributed by atoms with Crippen LogP contribution in [0.3, 0.4) is 0 Å². The van der Waals surface area contributed by atoms with E-state index in [2.05, 4.69) is 17.4 Å². The molecule has 0 fully saturated rings. The third-order valence-corrected chi connectivity index (χ3v) is 3.48. The summed E-state index contributed by atoms with van der Waals surface area (Å²) >= 11 is 0. The van der Waals surface area contributed by atoms with Crippen molar-refractivity contribution < 1.29 is 14.9 Å². The summed E-state index contributed by atoms with van der Waals surface area (Å²) in [5.41, 5.74) is 2.60. The van der Waals surface area contributed by atoms with E-state index in [-0.39, 0.29) is 12.6 Å². The van der Waals surface area contributed by atoms with E-state index >= 15 is 0 Å². The number of hydrogen-bond donors (Lipinski definition) is 3. The molecule has 0 radical (unpaired) electrons. The van der Waals surface area contributed by atoms with E-state index < -0.39 is 6.10 Å². The van der Waals surface area contributed by atoms with Gasteiger partial charge in [-0.25, -0.2) is 0 Å². The number of rotatable bonds is 5. The minimum atomic E-state index is -0.694. The smallest absolute Gasteiger partial charge is 0.119 e. The molecule has 18 heavy (non-hydrogen) atoms. The molecule has 0 bridgehead atoms. The lowest BCUT2D eigenvalue weighted by atomic mass is 9.87. The van der Waals surface area contributed by atoms with E-state index in [0.717, 1.165) is 25.0 Å². The van der Waals surface area contributed by atoms with Crippen molar-refractivity contribution in [2.24, 2.45) is 0 Å². The van der Waals surface area contributed by atoms with Crippen molar-refractivity contribution in [2.45, 2.75) is 31.4 Å². The number of methoxy groups -OCH3 is 1. The fraction of sp³-hybridized carbons (Fsp3) is 0.571. The van der Waals surface area contributed by atoms with Crippen LogP contribution in [0.25, 0.3) is 0 Å². The van der Waals surface area contributed by atoms with Gasteiger partial charge in [0.1, 0.15) is 5.75 Å². The minimum absolute atomic E-state index is 0.204. The molecule has 0 aromatic heterocycles. The minimum Gasteiger partial charge on any atom is -0.497 e. The van der Waals surface area contributed by atoms with Gasteiger partial charge in [0.15, 0.2) is 0 Å². The molecule has 0 spiro atoms. The molecule has 0 saturated heterocycles. The third-order valence-electron chi connectivity index (χ3n) is 3.48. The molecule has 0 saturated carbocycles. The normalized spacial score (nSPS) is 20.3. The second-order valence-corrected chi connectivity index (χ2v) is 4.75. The maximum Gasteiger partial charge on any atom is 0.119 e. The van der Waals surface area contributed by atoms with Crippen molar-refractivity contribution in [3.8, 4) is 5.75 Å². The molecule has 1 aliphatic carbocycles. The molecule has 3 N–H and O–H groups in total. The van der Waals surface area contributed by atoms with E-state index in [4.69, 9.17) is 9.84 Å². The summed E-state index contributed by atoms with van der Waals surface area (Å²) in [7, 11) is 1.67. The number of aryl methyl sites for hydroxylation is 1. The number of ether oxygens (including phenoxy) is 1. The highest BCUT2D eigenvalue weighted by Crippen LogP contribution is 2.32. The Hall–Kier alpha value is -1.10. The zero-order valence-corrected chi connectivity index (χ0v) is 10.7. The van der Waals surface area contributed by atoms with Crippen molar-refractivity contribution in [1.29, 1.82) is 0 Å². The maximum atomic E-state index is 9.40. The molecule has 2 unspecified atom stereocenters. The average Bonchev–Trinajstić information content (AvgIpc) is 2.43. The Morgan fingerprint density at radius 3 is 3.06 bits per heavy atom. The zero-order valence-electron chi connectivity index (χ0n) is 10.7. The molecule has 2 rings (SSSR count). The van der Waals surface area contributed by atoms with Crippen LogP contribution < -0.4 is 10.1 Å². The number of aliphatic hydroxyl groups excluding tert-OH is 2. The molecule has 100 valence electrons. The number of hydrogen-bond acceptors (Lipinski definition) is 4. The Morgan fingerprint density at radius 1 is 1.50 bits per heavy atom. The number of nitrogens with one attached hydrogen (secondary N) is 1. The van der Waals surface area contributed by atoms with Crippen LogP contribution in [0.4, 0.5) is 0 Å². The quantitative estimate of drug-likeness (QED) is 0.731. The molecule has 4 heteroatoms. The van der Waals surface area contributed by atoms with Crippen LogP contribution in [0.15, 0.2) is 18.2 Å². The molecule has 0 heterocycles. The standard InChI is InChI=1S/C14H21NO3/c1-18-12-6-5-10-3-2-4-14(13(10)7-12)15-8-11(17)9-16/h5-7,11,14-17H,2-4,8-9H2,1H3. The summed E-state index contributed by atoms with van der Waals surface area (Å²) in [6.07, 6.45) is 2.60. The van der Waals surface area contributed by atoms with Gasteiger partial charge in [-0.1, -0.05) is 6.07 Å². The zero-order chi connectivity index (χ0) is 13.0. The molecule has 0 amide bonds. The lowest BCUT2D eigenvalue weighted by Gasteiger charge is -2.27. The summed E-state index contributed by atoms with van der Waals surface area (Å²) in [6, 6.07) is 6.41. The van der Waals surface area contributed by atoms with E-state index in [0.29, 0.717) is 6.54 Å². The Bertz CT molecular complexity index is 395. The van der Waals surface area contributed by atoms with Crippen LogP contribution in [0.1, 0.15) is 30.0 Å². The second kappa shape index (κ2) is 6.18. The first-order valence-corrected chi connectivity index (χ1v) is 6.43. The van der Waals surface area contributed by atoms with Crippen LogP contribution >= 0.6 is 0 Å². The Kier molecular flexibility index (Phi) is 4.58. The Balaban J connectivity index is 2.10. The predicted octanol–water partition coefficient (Wildman–Crippen LogP) is 1.02. The topological polar surface area (TPSA) is 61.7 Å². The first kappa shape index (κ1) is 13.3. The summed E-state index contributed by atoms with van der Waals surface area (Å²) in [5, 5.41) is 21.5. The molecule has 1 aromatic rings. The van der Waals surface area contributed by atoms with Gasteiger partial charge in [0.05, 0.1) is 19.8 Å². The highest BCUT2D eigenvalue weighted by atomic mass is 16.5. The van der Waals surface area contributed by atoms with Gasteiger partial charge in [-0.05, 0) is 42.5 Å². The first-order valence-electron chi connectivity index (χ1n) is 6.43. The van der Waals surface area contributed by atoms with E-state index in [1.54, 1.807) is 7.11 Å². The Morgan fingerprint density at radius 2 is 2.33 bits per heavy atom. The summed E-state index contributed by atoms with van der Waals surface area (Å²) < 4.78 is 5.26.